The Labute approximate surface area is 240 Å². The maximum absolute atomic E-state index is 12.3. The molecule has 0 radical (unpaired) electrons. The summed E-state index contributed by atoms with van der Waals surface area (Å²) in [4.78, 5) is 21.2. The highest BCUT2D eigenvalue weighted by atomic mass is 35.5. The van der Waals surface area contributed by atoms with Gasteiger partial charge < -0.3 is 20.1 Å². The van der Waals surface area contributed by atoms with Crippen LogP contribution in [-0.2, 0) is 17.6 Å². The van der Waals surface area contributed by atoms with Crippen molar-refractivity contribution in [3.05, 3.63) is 70.2 Å². The van der Waals surface area contributed by atoms with E-state index in [9.17, 15) is 4.79 Å². The Morgan fingerprint density at radius 2 is 1.79 bits per heavy atom. The lowest BCUT2D eigenvalue weighted by Crippen LogP contribution is -2.30. The topological polar surface area (TPSA) is 85.4 Å². The summed E-state index contributed by atoms with van der Waals surface area (Å²) in [6.45, 7) is 1.62. The standard InChI is InChI=1S/C28H32Cl2N4O3.ClH/c1-36-25-6-4-20(14-26(25)37-2)21-16-33-27(34-17-21)7-8-28(35)31-10-9-22-12-19(15-32-22)11-18-3-5-23(29)24(30)13-18;/h3-6,13-14,16-17,19,22,32H,7-12,15H2,1-2H3,(H,31,35);1H/t19-,22-;/m1./s1. The molecule has 2 N–H and O–H groups in total. The second-order valence-electron chi connectivity index (χ2n) is 9.26. The van der Waals surface area contributed by atoms with Crippen LogP contribution in [0.4, 0.5) is 0 Å². The highest BCUT2D eigenvalue weighted by Crippen LogP contribution is 2.32. The van der Waals surface area contributed by atoms with Crippen LogP contribution < -0.4 is 20.1 Å². The van der Waals surface area contributed by atoms with E-state index in [0.29, 0.717) is 58.7 Å². The molecule has 1 aliphatic heterocycles. The number of halogens is 3. The van der Waals surface area contributed by atoms with Crippen LogP contribution in [0.1, 0.15) is 30.7 Å². The zero-order chi connectivity index (χ0) is 26.2. The van der Waals surface area contributed by atoms with E-state index < -0.39 is 0 Å². The predicted molar refractivity (Wildman–Crippen MR) is 154 cm³/mol. The number of amides is 1. The molecule has 204 valence electrons. The van der Waals surface area contributed by atoms with E-state index in [-0.39, 0.29) is 18.3 Å². The Hall–Kier alpha value is -2.58. The first-order chi connectivity index (χ1) is 17.9. The van der Waals surface area contributed by atoms with E-state index in [0.717, 1.165) is 36.9 Å². The van der Waals surface area contributed by atoms with Gasteiger partial charge in [0.25, 0.3) is 0 Å². The molecule has 1 saturated heterocycles. The quantitative estimate of drug-likeness (QED) is 0.310. The van der Waals surface area contributed by atoms with Gasteiger partial charge in [-0.15, -0.1) is 12.4 Å². The summed E-state index contributed by atoms with van der Waals surface area (Å²) in [6.07, 6.45) is 7.33. The van der Waals surface area contributed by atoms with Gasteiger partial charge in [-0.25, -0.2) is 9.97 Å². The second kappa shape index (κ2) is 14.5. The minimum absolute atomic E-state index is 0. The van der Waals surface area contributed by atoms with Crippen molar-refractivity contribution in [2.75, 3.05) is 27.3 Å². The van der Waals surface area contributed by atoms with Crippen LogP contribution in [0.15, 0.2) is 48.8 Å². The largest absolute Gasteiger partial charge is 0.493 e. The highest BCUT2D eigenvalue weighted by Gasteiger charge is 2.24. The molecule has 1 fully saturated rings. The lowest BCUT2D eigenvalue weighted by Gasteiger charge is -2.12. The molecule has 3 aromatic rings. The van der Waals surface area contributed by atoms with E-state index in [1.54, 1.807) is 26.6 Å². The van der Waals surface area contributed by atoms with Crippen molar-refractivity contribution >= 4 is 41.5 Å². The van der Waals surface area contributed by atoms with Crippen molar-refractivity contribution in [1.82, 2.24) is 20.6 Å². The molecule has 0 saturated carbocycles. The normalized spacial score (nSPS) is 16.5. The number of hydrogen-bond donors (Lipinski definition) is 2. The molecular weight excluding hydrogens is 547 g/mol. The van der Waals surface area contributed by atoms with E-state index in [1.165, 1.54) is 5.56 Å². The van der Waals surface area contributed by atoms with Crippen LogP contribution in [0.5, 0.6) is 11.5 Å². The van der Waals surface area contributed by atoms with Crippen molar-refractivity contribution in [3.63, 3.8) is 0 Å². The Morgan fingerprint density at radius 3 is 2.50 bits per heavy atom. The van der Waals surface area contributed by atoms with Gasteiger partial charge in [0.15, 0.2) is 11.5 Å². The number of rotatable bonds is 11. The molecule has 10 heteroatoms. The van der Waals surface area contributed by atoms with Crippen molar-refractivity contribution < 1.29 is 14.3 Å². The first kappa shape index (κ1) is 30.0. The van der Waals surface area contributed by atoms with Crippen LogP contribution >= 0.6 is 35.6 Å². The number of methoxy groups -OCH3 is 2. The molecule has 7 nitrogen and oxygen atoms in total. The van der Waals surface area contributed by atoms with E-state index in [4.69, 9.17) is 32.7 Å². The van der Waals surface area contributed by atoms with Crippen molar-refractivity contribution in [1.29, 1.82) is 0 Å². The minimum Gasteiger partial charge on any atom is -0.493 e. The maximum Gasteiger partial charge on any atom is 0.220 e. The van der Waals surface area contributed by atoms with E-state index in [2.05, 4.69) is 20.6 Å². The maximum atomic E-state index is 12.3. The molecule has 1 amide bonds. The third kappa shape index (κ3) is 8.21. The number of nitrogens with zero attached hydrogens (tertiary/aromatic N) is 2. The molecule has 0 spiro atoms. The lowest BCUT2D eigenvalue weighted by molar-refractivity contribution is -0.121. The first-order valence-electron chi connectivity index (χ1n) is 12.4. The molecule has 2 heterocycles. The number of aromatic nitrogens is 2. The van der Waals surface area contributed by atoms with E-state index >= 15 is 0 Å². The van der Waals surface area contributed by atoms with Gasteiger partial charge in [-0.1, -0.05) is 35.3 Å². The Bertz CT molecular complexity index is 1210. The smallest absolute Gasteiger partial charge is 0.220 e. The Balaban J connectivity index is 0.00000400. The fourth-order valence-corrected chi connectivity index (χ4v) is 4.95. The van der Waals surface area contributed by atoms with Gasteiger partial charge in [0.05, 0.1) is 24.3 Å². The lowest BCUT2D eigenvalue weighted by atomic mass is 9.96. The first-order valence-corrected chi connectivity index (χ1v) is 13.2. The molecule has 0 unspecified atom stereocenters. The van der Waals surface area contributed by atoms with Crippen LogP contribution in [0.2, 0.25) is 10.0 Å². The minimum atomic E-state index is 0. The van der Waals surface area contributed by atoms with Crippen molar-refractivity contribution in [3.8, 4) is 22.6 Å². The van der Waals surface area contributed by atoms with Crippen LogP contribution in [0.3, 0.4) is 0 Å². The molecule has 1 aromatic heterocycles. The zero-order valence-electron chi connectivity index (χ0n) is 21.5. The summed E-state index contributed by atoms with van der Waals surface area (Å²) >= 11 is 12.2. The molecule has 2 aromatic carbocycles. The number of nitrogens with one attached hydrogen (secondary N) is 2. The summed E-state index contributed by atoms with van der Waals surface area (Å²) < 4.78 is 10.7. The van der Waals surface area contributed by atoms with Crippen molar-refractivity contribution in [2.24, 2.45) is 5.92 Å². The molecule has 0 bridgehead atoms. The average molecular weight is 580 g/mol. The summed E-state index contributed by atoms with van der Waals surface area (Å²) in [5.41, 5.74) is 3.01. The van der Waals surface area contributed by atoms with Gasteiger partial charge in [-0.3, -0.25) is 4.79 Å². The summed E-state index contributed by atoms with van der Waals surface area (Å²) in [5.74, 6) is 2.52. The number of aryl methyl sites for hydroxylation is 1. The number of benzene rings is 2. The SMILES string of the molecule is COc1ccc(-c2cnc(CCC(=O)NCC[C@@H]3C[C@@H](Cc4ccc(Cl)c(Cl)c4)CN3)nc2)cc1OC.Cl. The summed E-state index contributed by atoms with van der Waals surface area (Å²) in [7, 11) is 3.21. The molecule has 38 heavy (non-hydrogen) atoms. The highest BCUT2D eigenvalue weighted by molar-refractivity contribution is 6.42. The van der Waals surface area contributed by atoms with Gasteiger partial charge >= 0.3 is 0 Å². The summed E-state index contributed by atoms with van der Waals surface area (Å²) in [5, 5.41) is 7.78. The molecule has 1 aliphatic rings. The molecule has 4 rings (SSSR count). The zero-order valence-corrected chi connectivity index (χ0v) is 23.8. The van der Waals surface area contributed by atoms with Crippen molar-refractivity contribution in [2.45, 2.75) is 38.1 Å². The number of carbonyl (C=O) groups excluding carboxylic acids is 1. The molecular formula is C28H33Cl3N4O3. The third-order valence-corrected chi connectivity index (χ3v) is 7.37. The van der Waals surface area contributed by atoms with Crippen LogP contribution in [0.25, 0.3) is 11.1 Å². The molecule has 0 aliphatic carbocycles. The van der Waals surface area contributed by atoms with Gasteiger partial charge in [-0.2, -0.15) is 0 Å². The van der Waals surface area contributed by atoms with E-state index in [1.807, 2.05) is 36.4 Å². The van der Waals surface area contributed by atoms with Gasteiger partial charge in [-0.05, 0) is 67.1 Å². The third-order valence-electron chi connectivity index (χ3n) is 6.63. The Morgan fingerprint density at radius 1 is 1.03 bits per heavy atom. The Kier molecular flexibility index (Phi) is 11.5. The molecule has 2 atom stereocenters. The van der Waals surface area contributed by atoms with Gasteiger partial charge in [0.1, 0.15) is 5.82 Å². The fourth-order valence-electron chi connectivity index (χ4n) is 4.63. The summed E-state index contributed by atoms with van der Waals surface area (Å²) in [6, 6.07) is 11.9. The number of ether oxygens (including phenoxy) is 2. The van der Waals surface area contributed by atoms with Crippen LogP contribution in [-0.4, -0.2) is 49.2 Å². The number of hydrogen-bond acceptors (Lipinski definition) is 6. The monoisotopic (exact) mass is 578 g/mol. The number of carbonyl (C=O) groups is 1. The van der Waals surface area contributed by atoms with Crippen LogP contribution in [0, 0.1) is 5.92 Å². The predicted octanol–water partition coefficient (Wildman–Crippen LogP) is 5.55. The van der Waals surface area contributed by atoms with Gasteiger partial charge in [0.2, 0.25) is 5.91 Å². The van der Waals surface area contributed by atoms with Gasteiger partial charge in [0, 0.05) is 43.4 Å². The average Bonchev–Trinajstić information content (AvgIpc) is 3.36. The second-order valence-corrected chi connectivity index (χ2v) is 10.1. The fraction of sp³-hybridized carbons (Fsp3) is 0.393.